The number of ether oxygens (including phenoxy) is 3. The smallest absolute Gasteiger partial charge is 0.462 e. The van der Waals surface area contributed by atoms with Crippen LogP contribution in [0.25, 0.3) is 0 Å². The van der Waals surface area contributed by atoms with Crippen LogP contribution in [0.2, 0.25) is 0 Å². The zero-order valence-corrected chi connectivity index (χ0v) is 44.1. The highest BCUT2D eigenvalue weighted by molar-refractivity contribution is 7.61. The first-order valence-electron chi connectivity index (χ1n) is 25.6. The van der Waals surface area contributed by atoms with Crippen LogP contribution in [0.15, 0.2) is 65.7 Å². The number of aliphatic hydroxyl groups excluding tert-OH is 3. The number of esters is 2. The number of phosphoric acid groups is 2. The van der Waals surface area contributed by atoms with Crippen LogP contribution < -0.4 is 11.4 Å². The number of rotatable bonds is 41. The number of phosphoric ester groups is 2. The predicted octanol–water partition coefficient (Wildman–Crippen LogP) is 9.38. The second-order valence-corrected chi connectivity index (χ2v) is 21.4. The Balaban J connectivity index is 1.85. The normalized spacial score (nSPS) is 20.1. The first kappa shape index (κ1) is 63.8. The number of anilines is 1. The van der Waals surface area contributed by atoms with Gasteiger partial charge < -0.3 is 45.1 Å². The minimum atomic E-state index is -5.45. The molecule has 2 heterocycles. The van der Waals surface area contributed by atoms with Crippen molar-refractivity contribution in [1.82, 2.24) is 9.55 Å². The van der Waals surface area contributed by atoms with Crippen LogP contribution in [-0.4, -0.2) is 96.9 Å². The summed E-state index contributed by atoms with van der Waals surface area (Å²) in [7, 11) is -10.9. The highest BCUT2D eigenvalue weighted by Crippen LogP contribution is 2.60. The third-order valence-corrected chi connectivity index (χ3v) is 14.0. The summed E-state index contributed by atoms with van der Waals surface area (Å²) in [6.45, 7) is 4.29. The maximum Gasteiger partial charge on any atom is 0.481 e. The molecule has 7 N–H and O–H groups in total. The molecule has 2 rings (SSSR count). The number of nitrogens with zero attached hydrogens (tertiary/aromatic N) is 2. The Bertz CT molecular complexity index is 1910. The monoisotopic (exact) mass is 1050 g/mol. The van der Waals surface area contributed by atoms with Crippen LogP contribution in [0.1, 0.15) is 175 Å². The number of aliphatic hydroxyl groups is 3. The number of hydrogen-bond donors (Lipinski definition) is 6. The Labute approximate surface area is 421 Å². The molecule has 0 saturated carbocycles. The van der Waals surface area contributed by atoms with Gasteiger partial charge in [0, 0.05) is 19.0 Å². The Morgan fingerprint density at radius 3 is 2.07 bits per heavy atom. The van der Waals surface area contributed by atoms with E-state index in [1.54, 1.807) is 18.2 Å². The van der Waals surface area contributed by atoms with Crippen molar-refractivity contribution in [2.75, 3.05) is 25.6 Å². The van der Waals surface area contributed by atoms with E-state index in [0.29, 0.717) is 25.7 Å². The lowest BCUT2D eigenvalue weighted by atomic mass is 10.0. The lowest BCUT2D eigenvalue weighted by Gasteiger charge is -2.21. The number of nitrogen functional groups attached to an aromatic ring is 1. The maximum atomic E-state index is 12.8. The molecule has 1 aliphatic heterocycles. The van der Waals surface area contributed by atoms with Gasteiger partial charge in [-0.15, -0.1) is 0 Å². The third-order valence-electron chi connectivity index (χ3n) is 11.4. The summed E-state index contributed by atoms with van der Waals surface area (Å²) >= 11 is 0. The number of unbranched alkanes of at least 4 members (excludes halogenated alkanes) is 15. The fraction of sp³-hybridized carbons (Fsp3) is 0.720. The summed E-state index contributed by atoms with van der Waals surface area (Å²) in [4.78, 5) is 61.9. The number of carbonyl (C=O) groups is 2. The Kier molecular flexibility index (Phi) is 33.6. The summed E-state index contributed by atoms with van der Waals surface area (Å²) in [5.41, 5.74) is 4.57. The summed E-state index contributed by atoms with van der Waals surface area (Å²) in [5.74, 6) is -0.662. The largest absolute Gasteiger partial charge is 0.481 e. The van der Waals surface area contributed by atoms with Gasteiger partial charge in [-0.2, -0.15) is 9.29 Å². The molecule has 71 heavy (non-hydrogen) atoms. The minimum absolute atomic E-state index is 0.0848. The van der Waals surface area contributed by atoms with Gasteiger partial charge in [-0.3, -0.25) is 23.2 Å². The third kappa shape index (κ3) is 31.1. The van der Waals surface area contributed by atoms with E-state index in [1.165, 1.54) is 76.7 Å². The molecule has 8 atom stereocenters. The van der Waals surface area contributed by atoms with Gasteiger partial charge in [0.05, 0.1) is 19.3 Å². The average Bonchev–Trinajstić information content (AvgIpc) is 3.59. The predicted molar refractivity (Wildman–Crippen MR) is 272 cm³/mol. The molecule has 3 unspecified atom stereocenters. The van der Waals surface area contributed by atoms with Crippen molar-refractivity contribution in [3.05, 3.63) is 71.4 Å². The topological polar surface area (TPSA) is 286 Å². The molecule has 0 aliphatic carbocycles. The fourth-order valence-electron chi connectivity index (χ4n) is 7.39. The molecule has 1 aromatic rings. The number of allylic oxidation sites excluding steroid dienone is 6. The molecule has 1 aromatic heterocycles. The highest BCUT2D eigenvalue weighted by atomic mass is 31.3. The van der Waals surface area contributed by atoms with E-state index in [9.17, 15) is 48.6 Å². The Morgan fingerprint density at radius 1 is 0.789 bits per heavy atom. The molecule has 0 amide bonds. The van der Waals surface area contributed by atoms with Crippen LogP contribution in [0, 0.1) is 5.92 Å². The van der Waals surface area contributed by atoms with Gasteiger partial charge in [-0.25, -0.2) is 13.9 Å². The highest BCUT2D eigenvalue weighted by Gasteiger charge is 2.46. The summed E-state index contributed by atoms with van der Waals surface area (Å²) in [6, 6.07) is 1.24. The van der Waals surface area contributed by atoms with Crippen LogP contribution in [0.5, 0.6) is 0 Å². The maximum absolute atomic E-state index is 12.8. The van der Waals surface area contributed by atoms with Crippen LogP contribution in [0.4, 0.5) is 5.82 Å². The van der Waals surface area contributed by atoms with Crippen molar-refractivity contribution in [3.8, 4) is 0 Å². The van der Waals surface area contributed by atoms with E-state index in [4.69, 9.17) is 29.0 Å². The molecule has 1 fully saturated rings. The van der Waals surface area contributed by atoms with E-state index in [1.807, 2.05) is 18.2 Å². The molecule has 19 nitrogen and oxygen atoms in total. The van der Waals surface area contributed by atoms with E-state index in [0.717, 1.165) is 55.2 Å². The van der Waals surface area contributed by atoms with E-state index in [2.05, 4.69) is 42.2 Å². The lowest BCUT2D eigenvalue weighted by Crippen LogP contribution is -2.36. The fourth-order valence-corrected chi connectivity index (χ4v) is 9.50. The second kappa shape index (κ2) is 37.4. The molecule has 0 bridgehead atoms. The summed E-state index contributed by atoms with van der Waals surface area (Å²) in [6.07, 6.45) is 29.4. The van der Waals surface area contributed by atoms with Gasteiger partial charge >= 0.3 is 33.3 Å². The van der Waals surface area contributed by atoms with Crippen molar-refractivity contribution in [2.24, 2.45) is 5.92 Å². The average molecular weight is 1050 g/mol. The van der Waals surface area contributed by atoms with Crippen molar-refractivity contribution in [3.63, 3.8) is 0 Å². The lowest BCUT2D eigenvalue weighted by molar-refractivity contribution is -0.161. The van der Waals surface area contributed by atoms with Gasteiger partial charge in [-0.05, 0) is 56.9 Å². The van der Waals surface area contributed by atoms with Crippen molar-refractivity contribution < 1.29 is 71.4 Å². The molecule has 21 heteroatoms. The first-order chi connectivity index (χ1) is 33.9. The van der Waals surface area contributed by atoms with E-state index >= 15 is 0 Å². The molecule has 0 spiro atoms. The van der Waals surface area contributed by atoms with Crippen molar-refractivity contribution in [1.29, 1.82) is 0 Å². The van der Waals surface area contributed by atoms with Crippen LogP contribution >= 0.6 is 15.6 Å². The second-order valence-electron chi connectivity index (χ2n) is 18.4. The quantitative estimate of drug-likeness (QED) is 0.0117. The van der Waals surface area contributed by atoms with Gasteiger partial charge in [0.2, 0.25) is 0 Å². The Hall–Kier alpha value is -3.32. The molecule has 0 aromatic carbocycles. The molecular formula is C50H85N3O16P2. The number of nitrogens with two attached hydrogens (primary N) is 1. The van der Waals surface area contributed by atoms with E-state index < -0.39 is 89.8 Å². The van der Waals surface area contributed by atoms with Crippen LogP contribution in [0.3, 0.4) is 0 Å². The van der Waals surface area contributed by atoms with Gasteiger partial charge in [0.25, 0.3) is 0 Å². The van der Waals surface area contributed by atoms with Crippen molar-refractivity contribution >= 4 is 33.4 Å². The minimum Gasteiger partial charge on any atom is -0.462 e. The summed E-state index contributed by atoms with van der Waals surface area (Å²) in [5, 5.41) is 31.1. The Morgan fingerprint density at radius 2 is 1.41 bits per heavy atom. The van der Waals surface area contributed by atoms with Crippen molar-refractivity contribution in [2.45, 2.75) is 205 Å². The molecule has 406 valence electrons. The molecular weight excluding hydrogens is 961 g/mol. The number of carbonyl (C=O) groups excluding carboxylic acids is 2. The van der Waals surface area contributed by atoms with E-state index in [-0.39, 0.29) is 18.7 Å². The van der Waals surface area contributed by atoms with Crippen LogP contribution in [-0.2, 0) is 46.3 Å². The zero-order valence-electron chi connectivity index (χ0n) is 42.3. The first-order valence-corrected chi connectivity index (χ1v) is 28.6. The SMILES string of the molecule is CCCCC/C=C\C/C=C\CC(O)/C=C\C=C\CCCC(=O)O[C@H](COC(=O)CCCCCCCCCCCCCCC(C)C)COP(=O)(O)OP(=O)(O)OC[C@H]1O[C@@H](n2ccc(N)nc2=O)[C@H](O)[C@@H]1O. The van der Waals surface area contributed by atoms with Gasteiger partial charge in [0.1, 0.15) is 30.7 Å². The zero-order chi connectivity index (χ0) is 52.3. The van der Waals surface area contributed by atoms with Gasteiger partial charge in [0.15, 0.2) is 12.3 Å². The number of hydrogen-bond acceptors (Lipinski definition) is 16. The molecule has 1 aliphatic rings. The van der Waals surface area contributed by atoms with Gasteiger partial charge in [-0.1, -0.05) is 159 Å². The molecule has 1 saturated heterocycles. The molecule has 0 radical (unpaired) electrons. The standard InChI is InChI=1S/C50H85N3O16P2/c1-4-5-6-7-8-13-17-21-26-31-41(54)32-27-22-19-24-29-34-46(56)67-42(37-64-45(55)33-28-23-18-15-12-10-9-11-14-16-20-25-30-40(2)3)38-65-70(60,61)69-71(62,63)66-39-43-47(57)48(58)49(68-43)53-36-35-44(51)52-50(53)59/h8,13,19,21-22,26-27,32,35-36,40-43,47-49,54,57-58H,4-7,9-12,14-18,20,23-25,28-31,33-34,37-39H2,1-3H3,(H,60,61)(H,62,63)(H2,51,52,59)/b13-8-,22-19+,26-21-,32-27-/t41?,42-,43-,47-,48-,49-/m1/s1. The number of aromatic nitrogens is 2. The summed E-state index contributed by atoms with van der Waals surface area (Å²) < 4.78 is 56.7.